The predicted octanol–water partition coefficient (Wildman–Crippen LogP) is 5.78. The fraction of sp³-hybridized carbons (Fsp3) is 0.160. The lowest BCUT2D eigenvalue weighted by atomic mass is 10.1. The van der Waals surface area contributed by atoms with Gasteiger partial charge in [0.2, 0.25) is 5.95 Å². The number of carbonyl (C=O) groups excluding carboxylic acids is 1. The summed E-state index contributed by atoms with van der Waals surface area (Å²) in [7, 11) is 0. The van der Waals surface area contributed by atoms with E-state index in [2.05, 4.69) is 55.0 Å². The van der Waals surface area contributed by atoms with E-state index in [0.29, 0.717) is 37.7 Å². The summed E-state index contributed by atoms with van der Waals surface area (Å²) < 4.78 is 1.96. The van der Waals surface area contributed by atoms with E-state index in [1.807, 2.05) is 59.5 Å². The zero-order valence-electron chi connectivity index (χ0n) is 17.2. The summed E-state index contributed by atoms with van der Waals surface area (Å²) in [5.41, 5.74) is 3.59. The van der Waals surface area contributed by atoms with Gasteiger partial charge in [-0.15, -0.1) is 0 Å². The monoisotopic (exact) mass is 550 g/mol. The Hall–Kier alpha value is -2.77. The van der Waals surface area contributed by atoms with E-state index < -0.39 is 0 Å². The van der Waals surface area contributed by atoms with Gasteiger partial charge in [-0.05, 0) is 42.5 Å². The molecule has 5 nitrogen and oxygen atoms in total. The number of nitrogens with zero attached hydrogens (tertiary/aromatic N) is 4. The lowest BCUT2D eigenvalue weighted by Gasteiger charge is -2.35. The maximum atomic E-state index is 12.9. The molecule has 1 aromatic heterocycles. The number of amides is 1. The van der Waals surface area contributed by atoms with Crippen LogP contribution in [0.2, 0.25) is 0 Å². The van der Waals surface area contributed by atoms with Crippen LogP contribution in [0.4, 0.5) is 5.95 Å². The van der Waals surface area contributed by atoms with Crippen molar-refractivity contribution in [1.82, 2.24) is 14.9 Å². The molecule has 160 valence electrons. The van der Waals surface area contributed by atoms with E-state index in [0.717, 1.165) is 31.1 Å². The van der Waals surface area contributed by atoms with Gasteiger partial charge in [0, 0.05) is 51.6 Å². The lowest BCUT2D eigenvalue weighted by Crippen LogP contribution is -2.49. The number of aromatic nitrogens is 2. The number of rotatable bonds is 3. The molecule has 0 radical (unpaired) electrons. The minimum Gasteiger partial charge on any atom is -0.337 e. The third-order valence-corrected chi connectivity index (χ3v) is 6.66. The first kappa shape index (κ1) is 21.1. The summed E-state index contributed by atoms with van der Waals surface area (Å²) >= 11 is 6.99. The van der Waals surface area contributed by atoms with Crippen LogP contribution in [0.3, 0.4) is 0 Å². The second-order valence-electron chi connectivity index (χ2n) is 7.69. The molecule has 1 aliphatic rings. The zero-order chi connectivity index (χ0) is 22.1. The van der Waals surface area contributed by atoms with Crippen LogP contribution in [0.25, 0.3) is 22.2 Å². The second kappa shape index (κ2) is 9.00. The molecule has 1 amide bonds. The van der Waals surface area contributed by atoms with Crippen LogP contribution in [0.15, 0.2) is 81.7 Å². The third kappa shape index (κ3) is 4.27. The van der Waals surface area contributed by atoms with Crippen LogP contribution in [0, 0.1) is 0 Å². The molecule has 0 spiro atoms. The molecule has 4 aromatic rings. The van der Waals surface area contributed by atoms with Crippen molar-refractivity contribution in [2.24, 2.45) is 0 Å². The van der Waals surface area contributed by atoms with Gasteiger partial charge >= 0.3 is 0 Å². The summed E-state index contributed by atoms with van der Waals surface area (Å²) in [4.78, 5) is 26.7. The van der Waals surface area contributed by atoms with E-state index in [9.17, 15) is 4.79 Å². The Balaban J connectivity index is 1.41. The molecule has 0 N–H and O–H groups in total. The normalized spacial score (nSPS) is 14.1. The van der Waals surface area contributed by atoms with Gasteiger partial charge in [0.05, 0.1) is 11.2 Å². The number of piperazine rings is 1. The van der Waals surface area contributed by atoms with Crippen LogP contribution >= 0.6 is 31.9 Å². The maximum Gasteiger partial charge on any atom is 0.253 e. The maximum absolute atomic E-state index is 12.9. The van der Waals surface area contributed by atoms with Crippen LogP contribution < -0.4 is 4.90 Å². The molecule has 0 atom stereocenters. The van der Waals surface area contributed by atoms with E-state index in [1.54, 1.807) is 0 Å². The molecule has 2 heterocycles. The van der Waals surface area contributed by atoms with Gasteiger partial charge in [-0.2, -0.15) is 0 Å². The highest BCUT2D eigenvalue weighted by atomic mass is 79.9. The van der Waals surface area contributed by atoms with E-state index >= 15 is 0 Å². The molecule has 0 unspecified atom stereocenters. The smallest absolute Gasteiger partial charge is 0.253 e. The average Bonchev–Trinajstić information content (AvgIpc) is 2.84. The van der Waals surface area contributed by atoms with E-state index in [4.69, 9.17) is 9.97 Å². The molecular weight excluding hydrogens is 532 g/mol. The predicted molar refractivity (Wildman–Crippen MR) is 135 cm³/mol. The molecule has 5 rings (SSSR count). The van der Waals surface area contributed by atoms with Gasteiger partial charge in [0.25, 0.3) is 5.91 Å². The summed E-state index contributed by atoms with van der Waals surface area (Å²) in [6.45, 7) is 2.66. The second-order valence-corrected chi connectivity index (χ2v) is 9.52. The quantitative estimate of drug-likeness (QED) is 0.323. The Bertz CT molecular complexity index is 1270. The van der Waals surface area contributed by atoms with E-state index in [1.165, 1.54) is 0 Å². The average molecular weight is 552 g/mol. The Labute approximate surface area is 203 Å². The highest BCUT2D eigenvalue weighted by Crippen LogP contribution is 2.30. The van der Waals surface area contributed by atoms with Crippen molar-refractivity contribution in [2.45, 2.75) is 0 Å². The Morgan fingerprint density at radius 2 is 1.47 bits per heavy atom. The largest absolute Gasteiger partial charge is 0.337 e. The van der Waals surface area contributed by atoms with Crippen molar-refractivity contribution >= 4 is 54.6 Å². The van der Waals surface area contributed by atoms with E-state index in [-0.39, 0.29) is 5.91 Å². The number of hydrogen-bond acceptors (Lipinski definition) is 4. The number of fused-ring (bicyclic) bond motifs is 1. The topological polar surface area (TPSA) is 49.3 Å². The Morgan fingerprint density at radius 3 is 2.19 bits per heavy atom. The van der Waals surface area contributed by atoms with Gasteiger partial charge in [-0.25, -0.2) is 9.97 Å². The molecule has 1 saturated heterocycles. The third-order valence-electron chi connectivity index (χ3n) is 5.63. The molecule has 32 heavy (non-hydrogen) atoms. The van der Waals surface area contributed by atoms with Crippen LogP contribution in [0.1, 0.15) is 10.4 Å². The summed E-state index contributed by atoms with van der Waals surface area (Å²) in [5, 5.41) is 1.01. The molecule has 7 heteroatoms. The standard InChI is InChI=1S/C25H20Br2N4O/c26-19-8-6-18(7-9-19)24(32)30-12-14-31(15-13-30)25-28-22-11-10-20(27)16-21(22)23(29-25)17-4-2-1-3-5-17/h1-11,16H,12-15H2. The summed E-state index contributed by atoms with van der Waals surface area (Å²) in [5.74, 6) is 0.765. The molecule has 1 fully saturated rings. The van der Waals surface area contributed by atoms with Crippen LogP contribution in [-0.2, 0) is 0 Å². The number of anilines is 1. The molecule has 0 bridgehead atoms. The van der Waals surface area contributed by atoms with Crippen molar-refractivity contribution < 1.29 is 4.79 Å². The molecule has 3 aromatic carbocycles. The van der Waals surface area contributed by atoms with Crippen molar-refractivity contribution in [2.75, 3.05) is 31.1 Å². The molecule has 1 aliphatic heterocycles. The van der Waals surface area contributed by atoms with Crippen LogP contribution in [-0.4, -0.2) is 47.0 Å². The minimum atomic E-state index is 0.0615. The first-order valence-electron chi connectivity index (χ1n) is 10.4. The Morgan fingerprint density at radius 1 is 0.781 bits per heavy atom. The fourth-order valence-electron chi connectivity index (χ4n) is 3.93. The van der Waals surface area contributed by atoms with Crippen molar-refractivity contribution in [3.63, 3.8) is 0 Å². The summed E-state index contributed by atoms with van der Waals surface area (Å²) in [6.07, 6.45) is 0. The number of benzene rings is 3. The lowest BCUT2D eigenvalue weighted by molar-refractivity contribution is 0.0746. The van der Waals surface area contributed by atoms with Gasteiger partial charge in [-0.1, -0.05) is 62.2 Å². The molecule has 0 aliphatic carbocycles. The van der Waals surface area contributed by atoms with Gasteiger partial charge < -0.3 is 9.80 Å². The van der Waals surface area contributed by atoms with Crippen LogP contribution in [0.5, 0.6) is 0 Å². The number of halogens is 2. The number of hydrogen-bond donors (Lipinski definition) is 0. The van der Waals surface area contributed by atoms with Crippen molar-refractivity contribution in [3.05, 3.63) is 87.3 Å². The minimum absolute atomic E-state index is 0.0615. The molecule has 0 saturated carbocycles. The SMILES string of the molecule is O=C(c1ccc(Br)cc1)N1CCN(c2nc(-c3ccccc3)c3cc(Br)ccc3n2)CC1. The highest BCUT2D eigenvalue weighted by Gasteiger charge is 2.24. The Kier molecular flexibility index (Phi) is 5.93. The van der Waals surface area contributed by atoms with Crippen molar-refractivity contribution in [1.29, 1.82) is 0 Å². The number of carbonyl (C=O) groups is 1. The summed E-state index contributed by atoms with van der Waals surface area (Å²) in [6, 6.07) is 23.8. The highest BCUT2D eigenvalue weighted by molar-refractivity contribution is 9.10. The first-order chi connectivity index (χ1) is 15.6. The van der Waals surface area contributed by atoms with Gasteiger partial charge in [0.15, 0.2) is 0 Å². The molecular formula is C25H20Br2N4O. The fourth-order valence-corrected chi connectivity index (χ4v) is 4.56. The first-order valence-corrected chi connectivity index (χ1v) is 12.0. The zero-order valence-corrected chi connectivity index (χ0v) is 20.4. The van der Waals surface area contributed by atoms with Crippen molar-refractivity contribution in [3.8, 4) is 11.3 Å². The van der Waals surface area contributed by atoms with Gasteiger partial charge in [0.1, 0.15) is 0 Å². The van der Waals surface area contributed by atoms with Gasteiger partial charge in [-0.3, -0.25) is 4.79 Å².